The van der Waals surface area contributed by atoms with Crippen LogP contribution < -0.4 is 4.74 Å². The minimum atomic E-state index is -2.97. The van der Waals surface area contributed by atoms with Gasteiger partial charge in [0.2, 0.25) is 0 Å². The summed E-state index contributed by atoms with van der Waals surface area (Å²) in [6.45, 7) is -2.97. The summed E-state index contributed by atoms with van der Waals surface area (Å²) in [5, 5.41) is 8.47. The largest absolute Gasteiger partial charge is 0.465 e. The second-order valence-electron chi connectivity index (χ2n) is 3.39. The number of carbonyl (C=O) groups excluding carboxylic acids is 1. The number of ether oxygens (including phenoxy) is 2. The van der Waals surface area contributed by atoms with Crippen LogP contribution in [0.25, 0.3) is 0 Å². The van der Waals surface area contributed by atoms with Crippen molar-refractivity contribution in [2.75, 3.05) is 7.11 Å². The summed E-state index contributed by atoms with van der Waals surface area (Å²) in [5.74, 6) is -0.770. The molecule has 0 fully saturated rings. The first kappa shape index (κ1) is 13.9. The lowest BCUT2D eigenvalue weighted by atomic mass is 10.1. The molecule has 0 saturated carbocycles. The van der Waals surface area contributed by atoms with E-state index in [2.05, 4.69) is 9.47 Å². The molecule has 0 aliphatic heterocycles. The van der Waals surface area contributed by atoms with E-state index in [1.807, 2.05) is 6.07 Å². The van der Waals surface area contributed by atoms with Crippen LogP contribution in [0.4, 0.5) is 8.78 Å². The molecule has 0 amide bonds. The van der Waals surface area contributed by atoms with Crippen molar-refractivity contribution in [2.24, 2.45) is 0 Å². The molecule has 0 unspecified atom stereocenters. The average Bonchev–Trinajstić information content (AvgIpc) is 2.34. The molecule has 4 nitrogen and oxygen atoms in total. The molecule has 0 bridgehead atoms. The number of nitriles is 1. The highest BCUT2D eigenvalue weighted by Crippen LogP contribution is 2.21. The van der Waals surface area contributed by atoms with E-state index in [0.29, 0.717) is 12.0 Å². The van der Waals surface area contributed by atoms with Gasteiger partial charge in [-0.3, -0.25) is 0 Å². The normalized spacial score (nSPS) is 9.94. The third kappa shape index (κ3) is 4.01. The Balaban J connectivity index is 3.03. The van der Waals surface area contributed by atoms with Crippen molar-refractivity contribution >= 4 is 5.97 Å². The van der Waals surface area contributed by atoms with Crippen molar-refractivity contribution in [3.05, 3.63) is 29.3 Å². The van der Waals surface area contributed by atoms with Crippen LogP contribution in [-0.4, -0.2) is 19.7 Å². The predicted molar refractivity (Wildman–Crippen MR) is 58.3 cm³/mol. The third-order valence-electron chi connectivity index (χ3n) is 2.14. The van der Waals surface area contributed by atoms with Gasteiger partial charge in [0, 0.05) is 6.42 Å². The zero-order chi connectivity index (χ0) is 13.5. The molecule has 18 heavy (non-hydrogen) atoms. The van der Waals surface area contributed by atoms with Crippen LogP contribution in [0.3, 0.4) is 0 Å². The number of rotatable bonds is 5. The molecular formula is C12H11F2NO3. The smallest absolute Gasteiger partial charge is 0.387 e. The van der Waals surface area contributed by atoms with Gasteiger partial charge < -0.3 is 9.47 Å². The van der Waals surface area contributed by atoms with E-state index < -0.39 is 12.6 Å². The molecule has 0 radical (unpaired) electrons. The fraction of sp³-hybridized carbons (Fsp3) is 0.333. The zero-order valence-corrected chi connectivity index (χ0v) is 9.65. The zero-order valence-electron chi connectivity index (χ0n) is 9.65. The van der Waals surface area contributed by atoms with Crippen molar-refractivity contribution in [1.29, 1.82) is 5.26 Å². The molecule has 0 spiro atoms. The molecule has 6 heteroatoms. The second-order valence-corrected chi connectivity index (χ2v) is 3.39. The number of nitrogens with zero attached hydrogens (tertiary/aromatic N) is 1. The van der Waals surface area contributed by atoms with E-state index in [4.69, 9.17) is 5.26 Å². The number of hydrogen-bond acceptors (Lipinski definition) is 4. The number of methoxy groups -OCH3 is 1. The summed E-state index contributed by atoms with van der Waals surface area (Å²) >= 11 is 0. The summed E-state index contributed by atoms with van der Waals surface area (Å²) in [7, 11) is 1.19. The molecule has 0 heterocycles. The molecule has 0 N–H and O–H groups in total. The quantitative estimate of drug-likeness (QED) is 0.758. The first-order valence-electron chi connectivity index (χ1n) is 5.11. The van der Waals surface area contributed by atoms with E-state index in [1.54, 1.807) is 0 Å². The minimum Gasteiger partial charge on any atom is -0.465 e. The highest BCUT2D eigenvalue weighted by atomic mass is 19.3. The van der Waals surface area contributed by atoms with Gasteiger partial charge in [-0.2, -0.15) is 14.0 Å². The van der Waals surface area contributed by atoms with Crippen molar-refractivity contribution in [2.45, 2.75) is 19.5 Å². The van der Waals surface area contributed by atoms with E-state index in [-0.39, 0.29) is 17.7 Å². The monoisotopic (exact) mass is 255 g/mol. The number of esters is 1. The number of aryl methyl sites for hydroxylation is 1. The Hall–Kier alpha value is -2.16. The maximum Gasteiger partial charge on any atom is 0.387 e. The van der Waals surface area contributed by atoms with E-state index >= 15 is 0 Å². The molecule has 96 valence electrons. The van der Waals surface area contributed by atoms with Crippen LogP contribution in [0.2, 0.25) is 0 Å². The Kier molecular flexibility index (Phi) is 5.06. The number of benzene rings is 1. The molecule has 1 rings (SSSR count). The molecule has 1 aromatic rings. The van der Waals surface area contributed by atoms with Gasteiger partial charge in [-0.1, -0.05) is 0 Å². The summed E-state index contributed by atoms with van der Waals surface area (Å²) < 4.78 is 33.0. The van der Waals surface area contributed by atoms with Gasteiger partial charge in [-0.15, -0.1) is 0 Å². The first-order valence-corrected chi connectivity index (χ1v) is 5.11. The molecular weight excluding hydrogens is 244 g/mol. The fourth-order valence-electron chi connectivity index (χ4n) is 1.41. The van der Waals surface area contributed by atoms with Gasteiger partial charge >= 0.3 is 12.6 Å². The van der Waals surface area contributed by atoms with Crippen LogP contribution in [-0.2, 0) is 11.2 Å². The minimum absolute atomic E-state index is 0.114. The predicted octanol–water partition coefficient (Wildman–Crippen LogP) is 2.53. The summed E-state index contributed by atoms with van der Waals surface area (Å²) in [6, 6.07) is 5.97. The van der Waals surface area contributed by atoms with Crippen LogP contribution in [0.5, 0.6) is 5.75 Å². The number of carbonyl (C=O) groups is 1. The first-order chi connectivity index (χ1) is 8.56. The standard InChI is InChI=1S/C12H11F2NO3/c1-17-11(16)9-5-8(3-2-4-15)6-10(7-9)18-12(13)14/h5-7,12H,2-3H2,1H3. The van der Waals surface area contributed by atoms with Crippen molar-refractivity contribution in [1.82, 2.24) is 0 Å². The van der Waals surface area contributed by atoms with E-state index in [1.165, 1.54) is 25.3 Å². The van der Waals surface area contributed by atoms with E-state index in [9.17, 15) is 13.6 Å². The van der Waals surface area contributed by atoms with Gasteiger partial charge in [0.15, 0.2) is 0 Å². The highest BCUT2D eigenvalue weighted by Gasteiger charge is 2.12. The molecule has 0 atom stereocenters. The van der Waals surface area contributed by atoms with Gasteiger partial charge in [0.25, 0.3) is 0 Å². The molecule has 1 aromatic carbocycles. The van der Waals surface area contributed by atoms with Crippen molar-refractivity contribution < 1.29 is 23.0 Å². The second kappa shape index (κ2) is 6.55. The Bertz CT molecular complexity index is 469. The van der Waals surface area contributed by atoms with Gasteiger partial charge in [-0.05, 0) is 30.2 Å². The Morgan fingerprint density at radius 2 is 2.17 bits per heavy atom. The summed E-state index contributed by atoms with van der Waals surface area (Å²) in [4.78, 5) is 11.3. The average molecular weight is 255 g/mol. The molecule has 0 aromatic heterocycles. The maximum atomic E-state index is 12.1. The number of hydrogen-bond donors (Lipinski definition) is 0. The highest BCUT2D eigenvalue weighted by molar-refractivity contribution is 5.90. The Labute approximate surface area is 103 Å². The van der Waals surface area contributed by atoms with Gasteiger partial charge in [0.05, 0.1) is 18.7 Å². The lowest BCUT2D eigenvalue weighted by Crippen LogP contribution is -2.06. The van der Waals surface area contributed by atoms with Crippen molar-refractivity contribution in [3.8, 4) is 11.8 Å². The number of halogens is 2. The van der Waals surface area contributed by atoms with Crippen LogP contribution >= 0.6 is 0 Å². The van der Waals surface area contributed by atoms with Crippen molar-refractivity contribution in [3.63, 3.8) is 0 Å². The summed E-state index contributed by atoms with van der Waals surface area (Å²) in [6.07, 6.45) is 0.569. The molecule has 0 aliphatic carbocycles. The lowest BCUT2D eigenvalue weighted by molar-refractivity contribution is -0.0499. The van der Waals surface area contributed by atoms with E-state index in [0.717, 1.165) is 0 Å². The Morgan fingerprint density at radius 3 is 2.72 bits per heavy atom. The lowest BCUT2D eigenvalue weighted by Gasteiger charge is -2.09. The number of alkyl halides is 2. The molecule has 0 saturated heterocycles. The van der Waals surface area contributed by atoms with Crippen LogP contribution in [0, 0.1) is 11.3 Å². The maximum absolute atomic E-state index is 12.1. The summed E-state index contributed by atoms with van der Waals surface area (Å²) in [5.41, 5.74) is 0.679. The van der Waals surface area contributed by atoms with Crippen LogP contribution in [0.15, 0.2) is 18.2 Å². The SMILES string of the molecule is COC(=O)c1cc(CCC#N)cc(OC(F)F)c1. The molecule has 0 aliphatic rings. The van der Waals surface area contributed by atoms with Gasteiger partial charge in [0.1, 0.15) is 5.75 Å². The third-order valence-corrected chi connectivity index (χ3v) is 2.14. The topological polar surface area (TPSA) is 59.3 Å². The van der Waals surface area contributed by atoms with Crippen LogP contribution in [0.1, 0.15) is 22.3 Å². The Morgan fingerprint density at radius 1 is 1.44 bits per heavy atom. The fourth-order valence-corrected chi connectivity index (χ4v) is 1.41. The van der Waals surface area contributed by atoms with Gasteiger partial charge in [-0.25, -0.2) is 4.79 Å².